The topological polar surface area (TPSA) is 42.3 Å². The molecule has 4 rings (SSSR count). The summed E-state index contributed by atoms with van der Waals surface area (Å²) in [5, 5.41) is 4.19. The average molecular weight is 379 g/mol. The van der Waals surface area contributed by atoms with E-state index in [0.717, 1.165) is 23.7 Å². The summed E-state index contributed by atoms with van der Waals surface area (Å²) < 4.78 is 7.56. The number of ether oxygens (including phenoxy) is 1. The number of benzene rings is 1. The van der Waals surface area contributed by atoms with E-state index in [2.05, 4.69) is 45.0 Å². The summed E-state index contributed by atoms with van der Waals surface area (Å²) in [5.41, 5.74) is 3.21. The van der Waals surface area contributed by atoms with E-state index in [1.807, 2.05) is 48.7 Å². The van der Waals surface area contributed by atoms with Crippen LogP contribution in [0.2, 0.25) is 0 Å². The van der Waals surface area contributed by atoms with Crippen LogP contribution >= 0.6 is 12.2 Å². The minimum Gasteiger partial charge on any atom is -0.497 e. The van der Waals surface area contributed by atoms with Crippen molar-refractivity contribution in [3.63, 3.8) is 0 Å². The van der Waals surface area contributed by atoms with E-state index in [9.17, 15) is 0 Å². The second-order valence-electron chi connectivity index (χ2n) is 6.41. The summed E-state index contributed by atoms with van der Waals surface area (Å²) in [6.07, 6.45) is 3.93. The summed E-state index contributed by atoms with van der Waals surface area (Å²) >= 11 is 5.74. The molecule has 1 saturated heterocycles. The number of anilines is 1. The molecule has 0 saturated carbocycles. The fraction of sp³-hybridized carbons (Fsp3) is 0.238. The Kier molecular flexibility index (Phi) is 4.81. The van der Waals surface area contributed by atoms with Crippen molar-refractivity contribution in [1.29, 1.82) is 0 Å². The van der Waals surface area contributed by atoms with Gasteiger partial charge in [-0.05, 0) is 67.7 Å². The van der Waals surface area contributed by atoms with Crippen molar-refractivity contribution < 1.29 is 4.74 Å². The van der Waals surface area contributed by atoms with E-state index in [1.54, 1.807) is 7.11 Å². The maximum atomic E-state index is 5.74. The molecule has 3 aromatic rings. The number of nitrogens with zero attached hydrogens (tertiary/aromatic N) is 3. The van der Waals surface area contributed by atoms with E-state index >= 15 is 0 Å². The summed E-state index contributed by atoms with van der Waals surface area (Å²) in [6, 6.07) is 18.2. The van der Waals surface area contributed by atoms with Gasteiger partial charge in [0.25, 0.3) is 0 Å². The van der Waals surface area contributed by atoms with Crippen molar-refractivity contribution in [2.24, 2.45) is 0 Å². The van der Waals surface area contributed by atoms with Gasteiger partial charge in [0.2, 0.25) is 0 Å². The number of aryl methyl sites for hydroxylation is 1. The second kappa shape index (κ2) is 7.40. The third kappa shape index (κ3) is 3.17. The van der Waals surface area contributed by atoms with Crippen LogP contribution in [0.4, 0.5) is 5.69 Å². The van der Waals surface area contributed by atoms with E-state index < -0.39 is 0 Å². The first-order valence-electron chi connectivity index (χ1n) is 9.02. The maximum absolute atomic E-state index is 5.74. The van der Waals surface area contributed by atoms with E-state index in [-0.39, 0.29) is 12.1 Å². The summed E-state index contributed by atoms with van der Waals surface area (Å²) in [5.74, 6) is 0.826. The third-order valence-corrected chi connectivity index (χ3v) is 5.27. The monoisotopic (exact) mass is 378 g/mol. The predicted octanol–water partition coefficient (Wildman–Crippen LogP) is 4.09. The molecule has 1 aliphatic heterocycles. The Morgan fingerprint density at radius 2 is 1.93 bits per heavy atom. The second-order valence-corrected chi connectivity index (χ2v) is 6.80. The van der Waals surface area contributed by atoms with Gasteiger partial charge in [0, 0.05) is 30.3 Å². The molecular formula is C21H22N4OS. The molecule has 0 bridgehead atoms. The molecule has 27 heavy (non-hydrogen) atoms. The number of hydrogen-bond acceptors (Lipinski definition) is 3. The van der Waals surface area contributed by atoms with Crippen LogP contribution in [-0.2, 0) is 6.54 Å². The van der Waals surface area contributed by atoms with Gasteiger partial charge in [0.1, 0.15) is 11.8 Å². The number of rotatable bonds is 5. The molecule has 5 nitrogen and oxygen atoms in total. The van der Waals surface area contributed by atoms with Gasteiger partial charge in [-0.3, -0.25) is 4.98 Å². The van der Waals surface area contributed by atoms with E-state index in [4.69, 9.17) is 17.0 Å². The first-order chi connectivity index (χ1) is 13.2. The minimum absolute atomic E-state index is 0.00995. The first-order valence-corrected chi connectivity index (χ1v) is 9.43. The van der Waals surface area contributed by atoms with E-state index in [0.29, 0.717) is 5.11 Å². The Balaban J connectivity index is 1.81. The van der Waals surface area contributed by atoms with Crippen molar-refractivity contribution in [2.75, 3.05) is 12.0 Å². The number of pyridine rings is 1. The third-order valence-electron chi connectivity index (χ3n) is 4.96. The highest BCUT2D eigenvalue weighted by Crippen LogP contribution is 2.41. The smallest absolute Gasteiger partial charge is 0.174 e. The Bertz CT molecular complexity index is 923. The van der Waals surface area contributed by atoms with Crippen LogP contribution in [0.25, 0.3) is 0 Å². The number of hydrogen-bond donors (Lipinski definition) is 1. The lowest BCUT2D eigenvalue weighted by Crippen LogP contribution is -2.30. The lowest BCUT2D eigenvalue weighted by Gasteiger charge is -2.28. The zero-order chi connectivity index (χ0) is 18.8. The quantitative estimate of drug-likeness (QED) is 0.678. The highest BCUT2D eigenvalue weighted by molar-refractivity contribution is 7.80. The predicted molar refractivity (Wildman–Crippen MR) is 111 cm³/mol. The van der Waals surface area contributed by atoms with Crippen molar-refractivity contribution in [3.05, 3.63) is 78.4 Å². The van der Waals surface area contributed by atoms with Crippen LogP contribution in [0.3, 0.4) is 0 Å². The molecule has 6 heteroatoms. The van der Waals surface area contributed by atoms with Crippen LogP contribution in [0.5, 0.6) is 5.75 Å². The van der Waals surface area contributed by atoms with Gasteiger partial charge < -0.3 is 19.5 Å². The zero-order valence-corrected chi connectivity index (χ0v) is 16.2. The van der Waals surface area contributed by atoms with E-state index in [1.165, 1.54) is 5.69 Å². The summed E-state index contributed by atoms with van der Waals surface area (Å²) in [4.78, 5) is 6.76. The van der Waals surface area contributed by atoms with Gasteiger partial charge in [-0.2, -0.15) is 0 Å². The molecule has 0 spiro atoms. The molecule has 0 unspecified atom stereocenters. The molecule has 2 atom stereocenters. The molecule has 3 heterocycles. The Morgan fingerprint density at radius 1 is 1.11 bits per heavy atom. The lowest BCUT2D eigenvalue weighted by atomic mass is 10.0. The van der Waals surface area contributed by atoms with Crippen molar-refractivity contribution >= 4 is 23.0 Å². The van der Waals surface area contributed by atoms with Gasteiger partial charge >= 0.3 is 0 Å². The minimum atomic E-state index is -0.0269. The van der Waals surface area contributed by atoms with Gasteiger partial charge in [0.15, 0.2) is 5.11 Å². The average Bonchev–Trinajstić information content (AvgIpc) is 3.32. The summed E-state index contributed by atoms with van der Waals surface area (Å²) in [6.45, 7) is 3.05. The fourth-order valence-corrected chi connectivity index (χ4v) is 4.01. The Morgan fingerprint density at radius 3 is 2.59 bits per heavy atom. The Hall–Kier alpha value is -2.86. The summed E-state index contributed by atoms with van der Waals surface area (Å²) in [7, 11) is 1.67. The zero-order valence-electron chi connectivity index (χ0n) is 15.4. The molecule has 0 aliphatic carbocycles. The fourth-order valence-electron chi connectivity index (χ4n) is 3.66. The first kappa shape index (κ1) is 17.5. The maximum Gasteiger partial charge on any atom is 0.174 e. The van der Waals surface area contributed by atoms with Crippen molar-refractivity contribution in [1.82, 2.24) is 14.9 Å². The van der Waals surface area contributed by atoms with Crippen molar-refractivity contribution in [2.45, 2.75) is 25.6 Å². The molecule has 1 fully saturated rings. The van der Waals surface area contributed by atoms with Crippen LogP contribution in [0, 0.1) is 0 Å². The molecule has 1 N–H and O–H groups in total. The SMILES string of the molecule is CCn1cccc1[C@H]1[C@H](c2ccccn2)NC(=S)N1c1ccc(OC)cc1. The van der Waals surface area contributed by atoms with Gasteiger partial charge in [-0.25, -0.2) is 0 Å². The number of nitrogens with one attached hydrogen (secondary N) is 1. The number of thiocarbonyl (C=S) groups is 1. The molecule has 138 valence electrons. The molecule has 2 aromatic heterocycles. The highest BCUT2D eigenvalue weighted by atomic mass is 32.1. The molecule has 1 aliphatic rings. The van der Waals surface area contributed by atoms with Crippen LogP contribution in [-0.4, -0.2) is 21.8 Å². The van der Waals surface area contributed by atoms with Gasteiger partial charge in [-0.15, -0.1) is 0 Å². The number of methoxy groups -OCH3 is 1. The number of aromatic nitrogens is 2. The molecule has 0 radical (unpaired) electrons. The largest absolute Gasteiger partial charge is 0.497 e. The lowest BCUT2D eigenvalue weighted by molar-refractivity contribution is 0.415. The van der Waals surface area contributed by atoms with Crippen LogP contribution in [0.15, 0.2) is 67.0 Å². The van der Waals surface area contributed by atoms with Gasteiger partial charge in [0.05, 0.1) is 18.8 Å². The van der Waals surface area contributed by atoms with Gasteiger partial charge in [-0.1, -0.05) is 6.07 Å². The van der Waals surface area contributed by atoms with Crippen LogP contribution in [0.1, 0.15) is 30.4 Å². The Labute approximate surface area is 164 Å². The van der Waals surface area contributed by atoms with Crippen molar-refractivity contribution in [3.8, 4) is 5.75 Å². The molecule has 0 amide bonds. The molecular weight excluding hydrogens is 356 g/mol. The highest BCUT2D eigenvalue weighted by Gasteiger charge is 2.41. The van der Waals surface area contributed by atoms with Crippen LogP contribution < -0.4 is 15.0 Å². The normalized spacial score (nSPS) is 19.2. The molecule has 1 aromatic carbocycles. The standard InChI is InChI=1S/C21H22N4OS/c1-3-24-14-6-8-18(24)20-19(17-7-4-5-13-22-17)23-21(27)25(20)15-9-11-16(26-2)12-10-15/h4-14,19-20H,3H2,1-2H3,(H,23,27)/t19-,20-/m0/s1.